The molecule has 0 aromatic heterocycles. The molecule has 1 aromatic carbocycles. The molecule has 1 aliphatic rings. The van der Waals surface area contributed by atoms with Crippen molar-refractivity contribution in [3.8, 4) is 0 Å². The summed E-state index contributed by atoms with van der Waals surface area (Å²) in [5.41, 5.74) is 0.570. The molecule has 0 bridgehead atoms. The van der Waals surface area contributed by atoms with Crippen molar-refractivity contribution in [3.05, 3.63) is 56.0 Å². The average Bonchev–Trinajstić information content (AvgIpc) is 2.82. The average molecular weight is 427 g/mol. The van der Waals surface area contributed by atoms with Crippen molar-refractivity contribution in [2.75, 3.05) is 0 Å². The molecule has 142 valence electrons. The van der Waals surface area contributed by atoms with Crippen LogP contribution in [-0.4, -0.2) is 37.2 Å². The molecular formula is C17H15ClN2O5S2. The fraction of sp³-hybridized carbons (Fsp3) is 0.235. The maximum atomic E-state index is 12.6. The normalized spacial score (nSPS) is 17.7. The minimum Gasteiger partial charge on any atom is -0.480 e. The van der Waals surface area contributed by atoms with E-state index in [0.29, 0.717) is 5.56 Å². The number of halogens is 1. The Morgan fingerprint density at radius 2 is 1.96 bits per heavy atom. The first kappa shape index (κ1) is 21.1. The number of nitrogens with zero attached hydrogens (tertiary/aromatic N) is 2. The van der Waals surface area contributed by atoms with Crippen LogP contribution in [0.15, 0.2) is 40.3 Å². The Kier molecular flexibility index (Phi) is 6.74. The zero-order valence-corrected chi connectivity index (χ0v) is 16.7. The Balaban J connectivity index is 2.25. The molecule has 27 heavy (non-hydrogen) atoms. The van der Waals surface area contributed by atoms with E-state index in [0.717, 1.165) is 16.7 Å². The Labute approximate surface area is 169 Å². The van der Waals surface area contributed by atoms with Gasteiger partial charge in [0.05, 0.1) is 9.83 Å². The van der Waals surface area contributed by atoms with Gasteiger partial charge < -0.3 is 5.11 Å². The highest BCUT2D eigenvalue weighted by Gasteiger charge is 2.41. The van der Waals surface area contributed by atoms with Crippen molar-refractivity contribution in [1.82, 2.24) is 4.90 Å². The first-order valence-corrected chi connectivity index (χ1v) is 9.33. The maximum Gasteiger partial charge on any atom is 0.327 e. The third kappa shape index (κ3) is 4.94. The number of rotatable bonds is 6. The predicted octanol–water partition coefficient (Wildman–Crippen LogP) is 4.03. The Morgan fingerprint density at radius 1 is 1.37 bits per heavy atom. The second-order valence-corrected chi connectivity index (χ2v) is 8.07. The fourth-order valence-electron chi connectivity index (χ4n) is 2.43. The summed E-state index contributed by atoms with van der Waals surface area (Å²) in [6.45, 7) is 3.39. The largest absolute Gasteiger partial charge is 0.480 e. The number of hydrogen-bond donors (Lipinski definition) is 1. The van der Waals surface area contributed by atoms with E-state index < -0.39 is 22.8 Å². The lowest BCUT2D eigenvalue weighted by Crippen LogP contribution is -2.47. The molecule has 1 heterocycles. The number of benzene rings is 1. The molecule has 0 aliphatic carbocycles. The van der Waals surface area contributed by atoms with Crippen molar-refractivity contribution >= 4 is 63.5 Å². The summed E-state index contributed by atoms with van der Waals surface area (Å²) < 4.78 is 0.159. The van der Waals surface area contributed by atoms with E-state index in [4.69, 9.17) is 23.8 Å². The van der Waals surface area contributed by atoms with Gasteiger partial charge in [-0.05, 0) is 35.8 Å². The highest BCUT2D eigenvalue weighted by atomic mass is 35.5. The van der Waals surface area contributed by atoms with Gasteiger partial charge in [0.2, 0.25) is 0 Å². The standard InChI is InChI=1S/C17H15ClN2O5S2/c1-9(2)14(16(22)23)19-15(21)13(27-17(19)26)8-11(18)7-10-3-5-12(6-4-10)20(24)25/h3-9,14H,1-2H3,(H,22,23)/b11-7+,13-8+. The number of carbonyl (C=O) groups is 2. The molecule has 1 unspecified atom stereocenters. The van der Waals surface area contributed by atoms with Crippen LogP contribution in [0.4, 0.5) is 5.69 Å². The third-order valence-corrected chi connectivity index (χ3v) is 5.21. The number of thioether (sulfide) groups is 1. The first-order chi connectivity index (χ1) is 12.6. The first-order valence-electron chi connectivity index (χ1n) is 7.73. The maximum absolute atomic E-state index is 12.6. The summed E-state index contributed by atoms with van der Waals surface area (Å²) in [7, 11) is 0. The number of non-ortho nitro benzene ring substituents is 1. The zero-order chi connectivity index (χ0) is 20.3. The lowest BCUT2D eigenvalue weighted by atomic mass is 10.0. The minimum absolute atomic E-state index is 0.0439. The summed E-state index contributed by atoms with van der Waals surface area (Å²) in [4.78, 5) is 35.6. The minimum atomic E-state index is -1.13. The van der Waals surface area contributed by atoms with E-state index in [1.165, 1.54) is 36.4 Å². The van der Waals surface area contributed by atoms with Crippen LogP contribution in [0.25, 0.3) is 6.08 Å². The van der Waals surface area contributed by atoms with Gasteiger partial charge in [0, 0.05) is 17.2 Å². The second kappa shape index (κ2) is 8.64. The van der Waals surface area contributed by atoms with Crippen molar-refractivity contribution in [3.63, 3.8) is 0 Å². The van der Waals surface area contributed by atoms with Gasteiger partial charge >= 0.3 is 5.97 Å². The van der Waals surface area contributed by atoms with Gasteiger partial charge in [0.15, 0.2) is 0 Å². The highest BCUT2D eigenvalue weighted by molar-refractivity contribution is 8.26. The molecule has 7 nitrogen and oxygen atoms in total. The number of amides is 1. The smallest absolute Gasteiger partial charge is 0.327 e. The van der Waals surface area contributed by atoms with Crippen LogP contribution in [0.2, 0.25) is 0 Å². The summed E-state index contributed by atoms with van der Waals surface area (Å²) in [6, 6.07) is 4.68. The summed E-state index contributed by atoms with van der Waals surface area (Å²) in [6.07, 6.45) is 2.94. The molecule has 0 saturated carbocycles. The zero-order valence-electron chi connectivity index (χ0n) is 14.3. The van der Waals surface area contributed by atoms with Crippen LogP contribution >= 0.6 is 35.6 Å². The molecule has 0 spiro atoms. The molecule has 1 amide bonds. The molecule has 1 aliphatic heterocycles. The number of hydrogen-bond acceptors (Lipinski definition) is 6. The number of nitro groups is 1. The van der Waals surface area contributed by atoms with E-state index in [1.54, 1.807) is 13.8 Å². The topological polar surface area (TPSA) is 101 Å². The van der Waals surface area contributed by atoms with Gasteiger partial charge in [-0.1, -0.05) is 49.4 Å². The molecular weight excluding hydrogens is 412 g/mol. The Hall–Kier alpha value is -2.23. The number of nitro benzene ring substituents is 1. The van der Waals surface area contributed by atoms with E-state index in [2.05, 4.69) is 0 Å². The third-order valence-electron chi connectivity index (χ3n) is 3.66. The number of carboxylic acids is 1. The second-order valence-electron chi connectivity index (χ2n) is 5.96. The van der Waals surface area contributed by atoms with Crippen molar-refractivity contribution in [1.29, 1.82) is 0 Å². The Morgan fingerprint density at radius 3 is 2.44 bits per heavy atom. The van der Waals surface area contributed by atoms with Crippen LogP contribution in [0, 0.1) is 16.0 Å². The molecule has 1 saturated heterocycles. The summed E-state index contributed by atoms with van der Waals surface area (Å²) >= 11 is 12.3. The van der Waals surface area contributed by atoms with Gasteiger partial charge in [-0.15, -0.1) is 0 Å². The number of allylic oxidation sites excluding steroid dienone is 2. The fourth-order valence-corrected chi connectivity index (χ4v) is 4.05. The van der Waals surface area contributed by atoms with Crippen LogP contribution in [0.3, 0.4) is 0 Å². The molecule has 1 aromatic rings. The lowest BCUT2D eigenvalue weighted by molar-refractivity contribution is -0.384. The van der Waals surface area contributed by atoms with Crippen LogP contribution in [0.1, 0.15) is 19.4 Å². The van der Waals surface area contributed by atoms with E-state index in [-0.39, 0.29) is 25.9 Å². The quantitative estimate of drug-likeness (QED) is 0.317. The number of thiocarbonyl (C=S) groups is 1. The Bertz CT molecular complexity index is 865. The lowest BCUT2D eigenvalue weighted by Gasteiger charge is -2.26. The highest BCUT2D eigenvalue weighted by Crippen LogP contribution is 2.35. The van der Waals surface area contributed by atoms with Crippen molar-refractivity contribution in [2.24, 2.45) is 5.92 Å². The van der Waals surface area contributed by atoms with Gasteiger partial charge in [-0.3, -0.25) is 19.8 Å². The molecule has 1 fully saturated rings. The van der Waals surface area contributed by atoms with Crippen LogP contribution < -0.4 is 0 Å². The van der Waals surface area contributed by atoms with E-state index in [1.807, 2.05) is 0 Å². The molecule has 1 N–H and O–H groups in total. The SMILES string of the molecule is CC(C)C(C(=O)O)N1C(=O)/C(=C\C(Cl)=C/c2ccc([N+](=O)[O-])cc2)SC1=S. The number of aliphatic carboxylic acids is 1. The molecule has 2 rings (SSSR count). The van der Waals surface area contributed by atoms with E-state index >= 15 is 0 Å². The molecule has 0 radical (unpaired) electrons. The van der Waals surface area contributed by atoms with Gasteiger partial charge in [0.25, 0.3) is 11.6 Å². The van der Waals surface area contributed by atoms with E-state index in [9.17, 15) is 24.8 Å². The summed E-state index contributed by atoms with van der Waals surface area (Å²) in [5.74, 6) is -1.97. The number of carboxylic acid groups (broad SMARTS) is 1. The van der Waals surface area contributed by atoms with Crippen LogP contribution in [-0.2, 0) is 9.59 Å². The van der Waals surface area contributed by atoms with Gasteiger partial charge in [-0.25, -0.2) is 4.79 Å². The van der Waals surface area contributed by atoms with Crippen molar-refractivity contribution in [2.45, 2.75) is 19.9 Å². The van der Waals surface area contributed by atoms with Gasteiger partial charge in [-0.2, -0.15) is 0 Å². The molecule has 1 atom stereocenters. The number of carbonyl (C=O) groups excluding carboxylic acids is 1. The summed E-state index contributed by atoms with van der Waals surface area (Å²) in [5, 5.41) is 20.3. The van der Waals surface area contributed by atoms with Crippen molar-refractivity contribution < 1.29 is 19.6 Å². The molecule has 10 heteroatoms. The monoisotopic (exact) mass is 426 g/mol. The van der Waals surface area contributed by atoms with Crippen LogP contribution in [0.5, 0.6) is 0 Å². The van der Waals surface area contributed by atoms with Gasteiger partial charge in [0.1, 0.15) is 10.4 Å². The predicted molar refractivity (Wildman–Crippen MR) is 108 cm³/mol.